The van der Waals surface area contributed by atoms with Crippen LogP contribution in [0.1, 0.15) is 27.0 Å². The number of carbonyl (C=O) groups is 1. The van der Waals surface area contributed by atoms with Gasteiger partial charge in [0.15, 0.2) is 0 Å². The lowest BCUT2D eigenvalue weighted by molar-refractivity contribution is 0.102. The maximum atomic E-state index is 12.2. The number of rotatable bonds is 2. The second-order valence-electron chi connectivity index (χ2n) is 4.72. The molecular formula is C16H17NO2. The summed E-state index contributed by atoms with van der Waals surface area (Å²) < 4.78 is 0. The van der Waals surface area contributed by atoms with Crippen molar-refractivity contribution in [2.75, 3.05) is 5.32 Å². The molecule has 0 unspecified atom stereocenters. The van der Waals surface area contributed by atoms with E-state index in [2.05, 4.69) is 5.32 Å². The Hall–Kier alpha value is -2.29. The second-order valence-corrected chi connectivity index (χ2v) is 4.72. The Kier molecular flexibility index (Phi) is 3.56. The minimum Gasteiger partial charge on any atom is -0.507 e. The predicted octanol–water partition coefficient (Wildman–Crippen LogP) is 3.57. The van der Waals surface area contributed by atoms with Crippen molar-refractivity contribution in [1.82, 2.24) is 0 Å². The third-order valence-corrected chi connectivity index (χ3v) is 3.25. The fraction of sp³-hybridized carbons (Fsp3) is 0.188. The molecule has 0 spiro atoms. The number of phenolic OH excluding ortho intramolecular Hbond substituents is 1. The summed E-state index contributed by atoms with van der Waals surface area (Å²) in [5.41, 5.74) is 4.14. The highest BCUT2D eigenvalue weighted by atomic mass is 16.3. The first-order chi connectivity index (χ1) is 8.99. The molecule has 0 bridgehead atoms. The van der Waals surface area contributed by atoms with E-state index in [1.165, 1.54) is 6.07 Å². The number of phenols is 1. The standard InChI is InChI=1S/C16H17NO2/c1-10-7-8-15(18)13(9-10)16(19)17-14-6-4-5-11(2)12(14)3/h4-9,18H,1-3H3,(H,17,19). The van der Waals surface area contributed by atoms with Crippen LogP contribution in [-0.2, 0) is 0 Å². The summed E-state index contributed by atoms with van der Waals surface area (Å²) in [6.07, 6.45) is 0. The van der Waals surface area contributed by atoms with Crippen LogP contribution in [0.3, 0.4) is 0 Å². The largest absolute Gasteiger partial charge is 0.507 e. The van der Waals surface area contributed by atoms with Gasteiger partial charge in [0.25, 0.3) is 5.91 Å². The summed E-state index contributed by atoms with van der Waals surface area (Å²) in [6, 6.07) is 10.7. The number of benzene rings is 2. The number of aromatic hydroxyl groups is 1. The van der Waals surface area contributed by atoms with E-state index in [1.54, 1.807) is 12.1 Å². The normalized spacial score (nSPS) is 10.3. The summed E-state index contributed by atoms with van der Waals surface area (Å²) in [5, 5.41) is 12.6. The zero-order chi connectivity index (χ0) is 14.0. The predicted molar refractivity (Wildman–Crippen MR) is 76.7 cm³/mol. The van der Waals surface area contributed by atoms with Gasteiger partial charge in [-0.05, 0) is 50.1 Å². The highest BCUT2D eigenvalue weighted by molar-refractivity contribution is 6.06. The number of nitrogens with one attached hydrogen (secondary N) is 1. The molecule has 0 aliphatic rings. The Labute approximate surface area is 112 Å². The minimum atomic E-state index is -0.296. The summed E-state index contributed by atoms with van der Waals surface area (Å²) in [6.45, 7) is 5.84. The number of aryl methyl sites for hydroxylation is 2. The molecule has 0 fully saturated rings. The topological polar surface area (TPSA) is 49.3 Å². The maximum Gasteiger partial charge on any atom is 0.259 e. The zero-order valence-corrected chi connectivity index (χ0v) is 11.3. The molecule has 1 amide bonds. The van der Waals surface area contributed by atoms with Gasteiger partial charge in [-0.15, -0.1) is 0 Å². The van der Waals surface area contributed by atoms with Crippen LogP contribution < -0.4 is 5.32 Å². The molecule has 19 heavy (non-hydrogen) atoms. The molecule has 98 valence electrons. The van der Waals surface area contributed by atoms with Crippen LogP contribution in [0, 0.1) is 20.8 Å². The molecule has 0 aliphatic carbocycles. The fourth-order valence-electron chi connectivity index (χ4n) is 1.91. The molecule has 2 aromatic carbocycles. The van der Waals surface area contributed by atoms with Crippen LogP contribution in [0.15, 0.2) is 36.4 Å². The zero-order valence-electron chi connectivity index (χ0n) is 11.3. The number of carbonyl (C=O) groups excluding carboxylic acids is 1. The van der Waals surface area contributed by atoms with Crippen molar-refractivity contribution in [3.63, 3.8) is 0 Å². The van der Waals surface area contributed by atoms with Gasteiger partial charge in [-0.2, -0.15) is 0 Å². The molecule has 0 heterocycles. The number of hydrogen-bond donors (Lipinski definition) is 2. The molecule has 2 rings (SSSR count). The third kappa shape index (κ3) is 2.76. The Morgan fingerprint density at radius 1 is 1.11 bits per heavy atom. The van der Waals surface area contributed by atoms with Crippen molar-refractivity contribution in [3.8, 4) is 5.75 Å². The smallest absolute Gasteiger partial charge is 0.259 e. The van der Waals surface area contributed by atoms with Gasteiger partial charge in [-0.1, -0.05) is 23.8 Å². The van der Waals surface area contributed by atoms with Crippen LogP contribution in [-0.4, -0.2) is 11.0 Å². The van der Waals surface area contributed by atoms with Crippen LogP contribution in [0.25, 0.3) is 0 Å². The van der Waals surface area contributed by atoms with Crippen LogP contribution >= 0.6 is 0 Å². The lowest BCUT2D eigenvalue weighted by atomic mass is 10.1. The Bertz CT molecular complexity index is 633. The van der Waals surface area contributed by atoms with Crippen LogP contribution in [0.4, 0.5) is 5.69 Å². The van der Waals surface area contributed by atoms with Gasteiger partial charge in [0.1, 0.15) is 5.75 Å². The van der Waals surface area contributed by atoms with E-state index < -0.39 is 0 Å². The SMILES string of the molecule is Cc1ccc(O)c(C(=O)Nc2cccc(C)c2C)c1. The first-order valence-electron chi connectivity index (χ1n) is 6.16. The number of hydrogen-bond acceptors (Lipinski definition) is 2. The van der Waals surface area contributed by atoms with Crippen molar-refractivity contribution in [2.24, 2.45) is 0 Å². The Morgan fingerprint density at radius 3 is 2.58 bits per heavy atom. The molecule has 0 radical (unpaired) electrons. The molecule has 0 atom stereocenters. The van der Waals surface area contributed by atoms with Gasteiger partial charge in [0.05, 0.1) is 5.56 Å². The van der Waals surface area contributed by atoms with Crippen LogP contribution in [0.5, 0.6) is 5.75 Å². The number of amides is 1. The summed E-state index contributed by atoms with van der Waals surface area (Å²) in [4.78, 5) is 12.2. The van der Waals surface area contributed by atoms with E-state index in [9.17, 15) is 9.90 Å². The minimum absolute atomic E-state index is 0.00611. The van der Waals surface area contributed by atoms with E-state index >= 15 is 0 Å². The average Bonchev–Trinajstić information content (AvgIpc) is 2.38. The van der Waals surface area contributed by atoms with Gasteiger partial charge in [-0.3, -0.25) is 4.79 Å². The molecule has 0 aliphatic heterocycles. The van der Waals surface area contributed by atoms with Crippen molar-refractivity contribution in [3.05, 3.63) is 58.7 Å². The molecule has 3 heteroatoms. The molecule has 2 aromatic rings. The van der Waals surface area contributed by atoms with Gasteiger partial charge in [-0.25, -0.2) is 0 Å². The molecule has 0 saturated carbocycles. The van der Waals surface area contributed by atoms with E-state index in [0.29, 0.717) is 5.56 Å². The monoisotopic (exact) mass is 255 g/mol. The number of anilines is 1. The van der Waals surface area contributed by atoms with Gasteiger partial charge in [0, 0.05) is 5.69 Å². The lowest BCUT2D eigenvalue weighted by Gasteiger charge is -2.11. The van der Waals surface area contributed by atoms with E-state index in [0.717, 1.165) is 22.4 Å². The van der Waals surface area contributed by atoms with E-state index in [1.807, 2.05) is 39.0 Å². The highest BCUT2D eigenvalue weighted by Crippen LogP contribution is 2.22. The molecule has 0 saturated heterocycles. The molecular weight excluding hydrogens is 238 g/mol. The fourth-order valence-corrected chi connectivity index (χ4v) is 1.91. The molecule has 2 N–H and O–H groups in total. The first-order valence-corrected chi connectivity index (χ1v) is 6.16. The van der Waals surface area contributed by atoms with Gasteiger partial charge >= 0.3 is 0 Å². The maximum absolute atomic E-state index is 12.2. The first kappa shape index (κ1) is 13.1. The van der Waals surface area contributed by atoms with Crippen molar-refractivity contribution >= 4 is 11.6 Å². The second kappa shape index (κ2) is 5.14. The summed E-state index contributed by atoms with van der Waals surface area (Å²) in [5.74, 6) is -0.302. The average molecular weight is 255 g/mol. The highest BCUT2D eigenvalue weighted by Gasteiger charge is 2.12. The summed E-state index contributed by atoms with van der Waals surface area (Å²) in [7, 11) is 0. The van der Waals surface area contributed by atoms with Crippen molar-refractivity contribution in [1.29, 1.82) is 0 Å². The van der Waals surface area contributed by atoms with Crippen molar-refractivity contribution < 1.29 is 9.90 Å². The van der Waals surface area contributed by atoms with Gasteiger partial charge in [0.2, 0.25) is 0 Å². The van der Waals surface area contributed by atoms with E-state index in [4.69, 9.17) is 0 Å². The Balaban J connectivity index is 2.31. The van der Waals surface area contributed by atoms with E-state index in [-0.39, 0.29) is 11.7 Å². The van der Waals surface area contributed by atoms with Crippen LogP contribution in [0.2, 0.25) is 0 Å². The third-order valence-electron chi connectivity index (χ3n) is 3.25. The quantitative estimate of drug-likeness (QED) is 0.861. The Morgan fingerprint density at radius 2 is 1.84 bits per heavy atom. The lowest BCUT2D eigenvalue weighted by Crippen LogP contribution is -2.13. The molecule has 0 aromatic heterocycles. The summed E-state index contributed by atoms with van der Waals surface area (Å²) >= 11 is 0. The molecule has 3 nitrogen and oxygen atoms in total. The van der Waals surface area contributed by atoms with Gasteiger partial charge < -0.3 is 10.4 Å². The van der Waals surface area contributed by atoms with Crippen molar-refractivity contribution in [2.45, 2.75) is 20.8 Å².